The van der Waals surface area contributed by atoms with Crippen LogP contribution >= 0.6 is 0 Å². The van der Waals surface area contributed by atoms with E-state index in [0.717, 1.165) is 19.1 Å². The van der Waals surface area contributed by atoms with Gasteiger partial charge in [-0.05, 0) is 25.3 Å². The van der Waals surface area contributed by atoms with Crippen molar-refractivity contribution in [3.63, 3.8) is 0 Å². The van der Waals surface area contributed by atoms with Gasteiger partial charge < -0.3 is 5.73 Å². The summed E-state index contributed by atoms with van der Waals surface area (Å²) in [6, 6.07) is 12.0. The van der Waals surface area contributed by atoms with Gasteiger partial charge in [-0.1, -0.05) is 36.8 Å². The smallest absolute Gasteiger partial charge is 0.0323 e. The van der Waals surface area contributed by atoms with Crippen molar-refractivity contribution in [3.05, 3.63) is 35.9 Å². The van der Waals surface area contributed by atoms with Crippen molar-refractivity contribution in [1.82, 2.24) is 4.90 Å². The molecule has 0 spiro atoms. The molecule has 2 rings (SSSR count). The molecule has 0 saturated heterocycles. The van der Waals surface area contributed by atoms with Crippen LogP contribution < -0.4 is 5.73 Å². The fraction of sp³-hybridized carbons (Fsp3) is 0.571. The average molecular weight is 218 g/mol. The molecule has 1 aliphatic carbocycles. The first-order chi connectivity index (χ1) is 7.83. The summed E-state index contributed by atoms with van der Waals surface area (Å²) in [6.45, 7) is 4.07. The number of hydrogen-bond donors (Lipinski definition) is 1. The van der Waals surface area contributed by atoms with Crippen LogP contribution in [0, 0.1) is 0 Å². The molecule has 2 heteroatoms. The van der Waals surface area contributed by atoms with E-state index in [1.165, 1.54) is 24.8 Å². The topological polar surface area (TPSA) is 29.3 Å². The maximum Gasteiger partial charge on any atom is 0.0323 e. The summed E-state index contributed by atoms with van der Waals surface area (Å²) >= 11 is 0. The molecule has 0 bridgehead atoms. The Hall–Kier alpha value is -0.860. The van der Waals surface area contributed by atoms with Crippen LogP contribution in [0.15, 0.2) is 30.3 Å². The van der Waals surface area contributed by atoms with E-state index in [9.17, 15) is 0 Å². The lowest BCUT2D eigenvalue weighted by molar-refractivity contribution is 0.0901. The molecule has 0 radical (unpaired) electrons. The molecule has 1 aromatic carbocycles. The van der Waals surface area contributed by atoms with Gasteiger partial charge in [0.25, 0.3) is 0 Å². The Morgan fingerprint density at radius 2 is 2.00 bits per heavy atom. The van der Waals surface area contributed by atoms with Crippen LogP contribution in [0.25, 0.3) is 0 Å². The third-order valence-electron chi connectivity index (χ3n) is 3.71. The van der Waals surface area contributed by atoms with Crippen molar-refractivity contribution >= 4 is 0 Å². The Morgan fingerprint density at radius 1 is 1.31 bits per heavy atom. The van der Waals surface area contributed by atoms with Crippen LogP contribution in [-0.2, 0) is 0 Å². The minimum atomic E-state index is 0.495. The molecule has 1 unspecified atom stereocenters. The van der Waals surface area contributed by atoms with E-state index < -0.39 is 0 Å². The van der Waals surface area contributed by atoms with E-state index in [0.29, 0.717) is 6.04 Å². The fourth-order valence-electron chi connectivity index (χ4n) is 2.48. The number of nitrogens with zero attached hydrogens (tertiary/aromatic N) is 1. The van der Waals surface area contributed by atoms with E-state index in [4.69, 9.17) is 5.73 Å². The summed E-state index contributed by atoms with van der Waals surface area (Å²) in [7, 11) is 0. The first-order valence-corrected chi connectivity index (χ1v) is 6.33. The zero-order valence-corrected chi connectivity index (χ0v) is 10.1. The molecule has 1 fully saturated rings. The van der Waals surface area contributed by atoms with Gasteiger partial charge in [0.1, 0.15) is 0 Å². The molecule has 1 saturated carbocycles. The predicted octanol–water partition coefficient (Wildman–Crippen LogP) is 2.56. The first-order valence-electron chi connectivity index (χ1n) is 6.33. The van der Waals surface area contributed by atoms with Crippen molar-refractivity contribution in [2.75, 3.05) is 13.1 Å². The molecule has 2 nitrogen and oxygen atoms in total. The second-order valence-corrected chi connectivity index (χ2v) is 4.70. The summed E-state index contributed by atoms with van der Waals surface area (Å²) in [5, 5.41) is 0. The van der Waals surface area contributed by atoms with Crippen LogP contribution in [0.5, 0.6) is 0 Å². The molecule has 2 N–H and O–H groups in total. The summed E-state index contributed by atoms with van der Waals surface area (Å²) in [5.41, 5.74) is 7.13. The maximum absolute atomic E-state index is 5.72. The monoisotopic (exact) mass is 218 g/mol. The summed E-state index contributed by atoms with van der Waals surface area (Å²) in [5.74, 6) is 0. The third-order valence-corrected chi connectivity index (χ3v) is 3.71. The summed E-state index contributed by atoms with van der Waals surface area (Å²) < 4.78 is 0. The SMILES string of the molecule is CC(c1ccccc1)N(CCN)C1CCC1. The Bertz CT molecular complexity index is 306. The van der Waals surface area contributed by atoms with Crippen LogP contribution in [0.4, 0.5) is 0 Å². The van der Waals surface area contributed by atoms with Crippen molar-refractivity contribution in [1.29, 1.82) is 0 Å². The average Bonchev–Trinajstić information content (AvgIpc) is 2.26. The highest BCUT2D eigenvalue weighted by molar-refractivity contribution is 5.18. The lowest BCUT2D eigenvalue weighted by Crippen LogP contribution is -2.44. The van der Waals surface area contributed by atoms with E-state index in [1.54, 1.807) is 0 Å². The lowest BCUT2D eigenvalue weighted by atomic mass is 9.89. The second-order valence-electron chi connectivity index (χ2n) is 4.70. The van der Waals surface area contributed by atoms with E-state index >= 15 is 0 Å². The van der Waals surface area contributed by atoms with Crippen LogP contribution in [0.1, 0.15) is 37.8 Å². The molecular formula is C14H22N2. The van der Waals surface area contributed by atoms with E-state index in [-0.39, 0.29) is 0 Å². The largest absolute Gasteiger partial charge is 0.329 e. The van der Waals surface area contributed by atoms with Crippen molar-refractivity contribution in [2.24, 2.45) is 5.73 Å². The first kappa shape index (κ1) is 11.6. The van der Waals surface area contributed by atoms with Gasteiger partial charge in [0.2, 0.25) is 0 Å². The van der Waals surface area contributed by atoms with Gasteiger partial charge in [-0.25, -0.2) is 0 Å². The normalized spacial score (nSPS) is 18.4. The van der Waals surface area contributed by atoms with Crippen LogP contribution in [-0.4, -0.2) is 24.0 Å². The van der Waals surface area contributed by atoms with Gasteiger partial charge in [0, 0.05) is 25.2 Å². The van der Waals surface area contributed by atoms with Crippen LogP contribution in [0.2, 0.25) is 0 Å². The van der Waals surface area contributed by atoms with Gasteiger partial charge in [0.15, 0.2) is 0 Å². The van der Waals surface area contributed by atoms with Gasteiger partial charge in [-0.15, -0.1) is 0 Å². The quantitative estimate of drug-likeness (QED) is 0.823. The maximum atomic E-state index is 5.72. The Morgan fingerprint density at radius 3 is 2.50 bits per heavy atom. The minimum absolute atomic E-state index is 0.495. The molecule has 1 aromatic rings. The summed E-state index contributed by atoms with van der Waals surface area (Å²) in [6.07, 6.45) is 4.07. The number of rotatable bonds is 5. The lowest BCUT2D eigenvalue weighted by Gasteiger charge is -2.41. The zero-order chi connectivity index (χ0) is 11.4. The van der Waals surface area contributed by atoms with Gasteiger partial charge in [-0.2, -0.15) is 0 Å². The van der Waals surface area contributed by atoms with Gasteiger partial charge in [-0.3, -0.25) is 4.90 Å². The zero-order valence-electron chi connectivity index (χ0n) is 10.1. The molecule has 88 valence electrons. The van der Waals surface area contributed by atoms with Crippen LogP contribution in [0.3, 0.4) is 0 Å². The molecule has 1 aliphatic rings. The molecule has 0 aromatic heterocycles. The van der Waals surface area contributed by atoms with Crippen molar-refractivity contribution in [3.8, 4) is 0 Å². The predicted molar refractivity (Wildman–Crippen MR) is 68.3 cm³/mol. The van der Waals surface area contributed by atoms with E-state index in [2.05, 4.69) is 42.2 Å². The van der Waals surface area contributed by atoms with Crippen molar-refractivity contribution in [2.45, 2.75) is 38.3 Å². The minimum Gasteiger partial charge on any atom is -0.329 e. The molecule has 1 atom stereocenters. The third kappa shape index (κ3) is 2.45. The molecular weight excluding hydrogens is 196 g/mol. The summed E-state index contributed by atoms with van der Waals surface area (Å²) in [4.78, 5) is 2.57. The highest BCUT2D eigenvalue weighted by atomic mass is 15.2. The molecule has 0 heterocycles. The van der Waals surface area contributed by atoms with E-state index in [1.807, 2.05) is 0 Å². The number of benzene rings is 1. The standard InChI is InChI=1S/C14H22N2/c1-12(13-6-3-2-4-7-13)16(11-10-15)14-8-5-9-14/h2-4,6-7,12,14H,5,8-11,15H2,1H3. The van der Waals surface area contributed by atoms with Gasteiger partial charge in [0.05, 0.1) is 0 Å². The molecule has 0 aliphatic heterocycles. The fourth-order valence-corrected chi connectivity index (χ4v) is 2.48. The number of nitrogens with two attached hydrogens (primary N) is 1. The number of hydrogen-bond acceptors (Lipinski definition) is 2. The van der Waals surface area contributed by atoms with Crippen molar-refractivity contribution < 1.29 is 0 Å². The van der Waals surface area contributed by atoms with Gasteiger partial charge >= 0.3 is 0 Å². The Kier molecular flexibility index (Phi) is 3.97. The molecule has 0 amide bonds. The second kappa shape index (κ2) is 5.46. The Labute approximate surface area is 98.4 Å². The Balaban J connectivity index is 2.07. The highest BCUT2D eigenvalue weighted by Crippen LogP contribution is 2.31. The molecule has 16 heavy (non-hydrogen) atoms. The highest BCUT2D eigenvalue weighted by Gasteiger charge is 2.28.